The highest BCUT2D eigenvalue weighted by Gasteiger charge is 2.21. The third-order valence-electron chi connectivity index (χ3n) is 3.29. The van der Waals surface area contributed by atoms with Gasteiger partial charge in [-0.15, -0.1) is 11.3 Å². The maximum absolute atomic E-state index is 12.4. The number of nitrogens with zero attached hydrogens (tertiary/aromatic N) is 2. The minimum absolute atomic E-state index is 0.241. The van der Waals surface area contributed by atoms with E-state index in [1.807, 2.05) is 47.8 Å². The Hall–Kier alpha value is -2.57. The molecule has 0 saturated heterocycles. The van der Waals surface area contributed by atoms with Gasteiger partial charge < -0.3 is 4.74 Å². The fraction of sp³-hybridized carbons (Fsp3) is 0.118. The van der Waals surface area contributed by atoms with Crippen LogP contribution >= 0.6 is 11.3 Å². The number of nitrogens with one attached hydrogen (secondary N) is 1. The van der Waals surface area contributed by atoms with Crippen molar-refractivity contribution in [2.24, 2.45) is 0 Å². The Morgan fingerprint density at radius 2 is 1.91 bits per heavy atom. The molecule has 0 saturated carbocycles. The smallest absolute Gasteiger partial charge is 0.259 e. The molecule has 3 aromatic rings. The van der Waals surface area contributed by atoms with Gasteiger partial charge in [-0.1, -0.05) is 30.3 Å². The second-order valence-corrected chi connectivity index (χ2v) is 5.65. The van der Waals surface area contributed by atoms with Crippen molar-refractivity contribution < 1.29 is 9.53 Å². The number of hydrogen-bond acceptors (Lipinski definition) is 5. The molecule has 2 aromatic heterocycles. The van der Waals surface area contributed by atoms with E-state index in [2.05, 4.69) is 15.3 Å². The number of carbonyl (C=O) groups is 1. The Morgan fingerprint density at radius 3 is 2.61 bits per heavy atom. The highest BCUT2D eigenvalue weighted by Crippen LogP contribution is 2.26. The van der Waals surface area contributed by atoms with Crippen molar-refractivity contribution in [2.75, 3.05) is 12.4 Å². The summed E-state index contributed by atoms with van der Waals surface area (Å²) in [7, 11) is 1.52. The van der Waals surface area contributed by atoms with E-state index in [1.54, 1.807) is 12.4 Å². The molecule has 0 aliphatic carbocycles. The lowest BCUT2D eigenvalue weighted by Crippen LogP contribution is -2.22. The number of amides is 1. The Balaban J connectivity index is 1.74. The fourth-order valence-corrected chi connectivity index (χ4v) is 2.90. The SMILES string of the molecule is CO[C@H](C(=O)Nc1nc(-c2ccncc2)cs1)c1ccccc1. The van der Waals surface area contributed by atoms with Crippen LogP contribution in [0, 0.1) is 0 Å². The zero-order valence-corrected chi connectivity index (χ0v) is 13.3. The Morgan fingerprint density at radius 1 is 1.17 bits per heavy atom. The Labute approximate surface area is 138 Å². The number of anilines is 1. The topological polar surface area (TPSA) is 64.1 Å². The lowest BCUT2D eigenvalue weighted by atomic mass is 10.1. The van der Waals surface area contributed by atoms with E-state index in [0.717, 1.165) is 16.8 Å². The zero-order chi connectivity index (χ0) is 16.1. The second-order valence-electron chi connectivity index (χ2n) is 4.79. The molecule has 1 amide bonds. The van der Waals surface area contributed by atoms with Gasteiger partial charge in [0.15, 0.2) is 11.2 Å². The second kappa shape index (κ2) is 7.13. The molecule has 0 spiro atoms. The molecule has 3 rings (SSSR count). The van der Waals surface area contributed by atoms with Crippen molar-refractivity contribution in [3.63, 3.8) is 0 Å². The minimum Gasteiger partial charge on any atom is -0.367 e. The highest BCUT2D eigenvalue weighted by atomic mass is 32.1. The average molecular weight is 325 g/mol. The van der Waals surface area contributed by atoms with Gasteiger partial charge >= 0.3 is 0 Å². The summed E-state index contributed by atoms with van der Waals surface area (Å²) in [5.74, 6) is -0.241. The molecule has 1 aromatic carbocycles. The number of benzene rings is 1. The molecule has 1 N–H and O–H groups in total. The first-order valence-corrected chi connectivity index (χ1v) is 7.90. The van der Waals surface area contributed by atoms with Crippen molar-refractivity contribution in [3.05, 3.63) is 65.8 Å². The van der Waals surface area contributed by atoms with E-state index in [-0.39, 0.29) is 5.91 Å². The lowest BCUT2D eigenvalue weighted by Gasteiger charge is -2.14. The number of ether oxygens (including phenoxy) is 1. The largest absolute Gasteiger partial charge is 0.367 e. The molecule has 0 fully saturated rings. The van der Waals surface area contributed by atoms with Crippen LogP contribution in [0.25, 0.3) is 11.3 Å². The summed E-state index contributed by atoms with van der Waals surface area (Å²) in [6, 6.07) is 13.1. The Bertz CT molecular complexity index is 775. The molecular formula is C17H15N3O2S. The maximum Gasteiger partial charge on any atom is 0.259 e. The van der Waals surface area contributed by atoms with Crippen LogP contribution in [-0.4, -0.2) is 23.0 Å². The molecule has 5 nitrogen and oxygen atoms in total. The van der Waals surface area contributed by atoms with E-state index in [0.29, 0.717) is 5.13 Å². The van der Waals surface area contributed by atoms with Gasteiger partial charge in [-0.3, -0.25) is 15.1 Å². The number of pyridine rings is 1. The van der Waals surface area contributed by atoms with Crippen LogP contribution < -0.4 is 5.32 Å². The van der Waals surface area contributed by atoms with Gasteiger partial charge in [0.05, 0.1) is 5.69 Å². The highest BCUT2D eigenvalue weighted by molar-refractivity contribution is 7.14. The predicted molar refractivity (Wildman–Crippen MR) is 90.2 cm³/mol. The number of carbonyl (C=O) groups excluding carboxylic acids is 1. The number of methoxy groups -OCH3 is 1. The molecule has 0 unspecified atom stereocenters. The van der Waals surface area contributed by atoms with Crippen LogP contribution in [0.1, 0.15) is 11.7 Å². The number of aromatic nitrogens is 2. The first kappa shape index (κ1) is 15.3. The molecule has 0 bridgehead atoms. The summed E-state index contributed by atoms with van der Waals surface area (Å²) < 4.78 is 5.32. The summed E-state index contributed by atoms with van der Waals surface area (Å²) in [6.45, 7) is 0. The average Bonchev–Trinajstić information content (AvgIpc) is 3.06. The standard InChI is InChI=1S/C17H15N3O2S/c1-22-15(13-5-3-2-4-6-13)16(21)20-17-19-14(11-23-17)12-7-9-18-10-8-12/h2-11,15H,1H3,(H,19,20,21)/t15-/m0/s1. The van der Waals surface area contributed by atoms with Crippen molar-refractivity contribution in [2.45, 2.75) is 6.10 Å². The van der Waals surface area contributed by atoms with E-state index in [4.69, 9.17) is 4.74 Å². The minimum atomic E-state index is -0.663. The summed E-state index contributed by atoms with van der Waals surface area (Å²) >= 11 is 1.38. The summed E-state index contributed by atoms with van der Waals surface area (Å²) in [4.78, 5) is 20.8. The molecule has 2 heterocycles. The molecule has 23 heavy (non-hydrogen) atoms. The van der Waals surface area contributed by atoms with Crippen molar-refractivity contribution >= 4 is 22.4 Å². The van der Waals surface area contributed by atoms with Crippen LogP contribution in [0.15, 0.2) is 60.2 Å². The molecule has 6 heteroatoms. The summed E-state index contributed by atoms with van der Waals surface area (Å²) in [6.07, 6.45) is 2.76. The summed E-state index contributed by atoms with van der Waals surface area (Å²) in [5.41, 5.74) is 2.57. The van der Waals surface area contributed by atoms with Crippen LogP contribution in [0.2, 0.25) is 0 Å². The lowest BCUT2D eigenvalue weighted by molar-refractivity contribution is -0.126. The van der Waals surface area contributed by atoms with Crippen molar-refractivity contribution in [1.29, 1.82) is 0 Å². The summed E-state index contributed by atoms with van der Waals surface area (Å²) in [5, 5.41) is 5.25. The predicted octanol–water partition coefficient (Wildman–Crippen LogP) is 3.53. The first-order chi connectivity index (χ1) is 11.3. The van der Waals surface area contributed by atoms with E-state index in [9.17, 15) is 4.79 Å². The molecule has 0 aliphatic heterocycles. The van der Waals surface area contributed by atoms with Gasteiger partial charge in [-0.05, 0) is 17.7 Å². The van der Waals surface area contributed by atoms with Crippen LogP contribution in [0.5, 0.6) is 0 Å². The van der Waals surface area contributed by atoms with E-state index in [1.165, 1.54) is 18.4 Å². The van der Waals surface area contributed by atoms with Gasteiger partial charge in [-0.2, -0.15) is 0 Å². The Kier molecular flexibility index (Phi) is 4.75. The first-order valence-electron chi connectivity index (χ1n) is 7.02. The van der Waals surface area contributed by atoms with E-state index >= 15 is 0 Å². The van der Waals surface area contributed by atoms with Crippen molar-refractivity contribution in [1.82, 2.24) is 9.97 Å². The number of hydrogen-bond donors (Lipinski definition) is 1. The van der Waals surface area contributed by atoms with E-state index < -0.39 is 6.10 Å². The van der Waals surface area contributed by atoms with Crippen molar-refractivity contribution in [3.8, 4) is 11.3 Å². The van der Waals surface area contributed by atoms with Crippen LogP contribution in [0.3, 0.4) is 0 Å². The monoisotopic (exact) mass is 325 g/mol. The molecular weight excluding hydrogens is 310 g/mol. The van der Waals surface area contributed by atoms with Gasteiger partial charge in [0.2, 0.25) is 0 Å². The van der Waals surface area contributed by atoms with Crippen LogP contribution in [-0.2, 0) is 9.53 Å². The quantitative estimate of drug-likeness (QED) is 0.779. The number of thiazole rings is 1. The zero-order valence-electron chi connectivity index (χ0n) is 12.5. The third-order valence-corrected chi connectivity index (χ3v) is 4.04. The van der Waals surface area contributed by atoms with Gasteiger partial charge in [0, 0.05) is 30.4 Å². The fourth-order valence-electron chi connectivity index (χ4n) is 2.18. The molecule has 0 aliphatic rings. The maximum atomic E-state index is 12.4. The van der Waals surface area contributed by atoms with Gasteiger partial charge in [0.25, 0.3) is 5.91 Å². The third kappa shape index (κ3) is 3.61. The molecule has 116 valence electrons. The normalized spacial score (nSPS) is 11.9. The van der Waals surface area contributed by atoms with Gasteiger partial charge in [0.1, 0.15) is 0 Å². The van der Waals surface area contributed by atoms with Crippen LogP contribution in [0.4, 0.5) is 5.13 Å². The number of rotatable bonds is 5. The molecule has 0 radical (unpaired) electrons. The molecule has 1 atom stereocenters. The van der Waals surface area contributed by atoms with Gasteiger partial charge in [-0.25, -0.2) is 4.98 Å².